The Kier molecular flexibility index (Phi) is 5.57. The van der Waals surface area contributed by atoms with Gasteiger partial charge < -0.3 is 15.1 Å². The number of hydrogen-bond donors (Lipinski definition) is 2. The molecule has 4 rings (SSSR count). The van der Waals surface area contributed by atoms with Crippen LogP contribution in [-0.2, 0) is 17.6 Å². The van der Waals surface area contributed by atoms with Gasteiger partial charge in [-0.2, -0.15) is 0 Å². The fourth-order valence-corrected chi connectivity index (χ4v) is 3.48. The van der Waals surface area contributed by atoms with E-state index >= 15 is 0 Å². The number of nitrogens with zero attached hydrogens (tertiary/aromatic N) is 2. The van der Waals surface area contributed by atoms with Crippen LogP contribution in [0.15, 0.2) is 59.5 Å². The molecule has 0 radical (unpaired) electrons. The molecule has 2 amide bonds. The van der Waals surface area contributed by atoms with Gasteiger partial charge in [0.1, 0.15) is 17.7 Å². The van der Waals surface area contributed by atoms with E-state index in [0.29, 0.717) is 12.5 Å². The van der Waals surface area contributed by atoms with E-state index in [4.69, 9.17) is 4.42 Å². The minimum atomic E-state index is -1.09. The molecule has 1 aromatic heterocycles. The Hall–Kier alpha value is -3.88. The van der Waals surface area contributed by atoms with Crippen LogP contribution >= 0.6 is 0 Å². The predicted octanol–water partition coefficient (Wildman–Crippen LogP) is 3.03. The van der Waals surface area contributed by atoms with E-state index in [1.165, 1.54) is 6.08 Å². The van der Waals surface area contributed by atoms with Gasteiger partial charge >= 0.3 is 11.8 Å². The smallest absolute Gasteiger partial charge is 0.309 e. The Morgan fingerprint density at radius 1 is 1.26 bits per heavy atom. The van der Waals surface area contributed by atoms with Gasteiger partial charge in [0.05, 0.1) is 12.1 Å². The molecule has 2 heterocycles. The monoisotopic (exact) mass is 424 g/mol. The molecule has 2 N–H and O–H groups in total. The van der Waals surface area contributed by atoms with Crippen molar-refractivity contribution >= 4 is 17.5 Å². The highest BCUT2D eigenvalue weighted by molar-refractivity contribution is 6.01. The van der Waals surface area contributed by atoms with E-state index in [9.17, 15) is 18.4 Å². The van der Waals surface area contributed by atoms with Crippen LogP contribution < -0.4 is 10.6 Å². The summed E-state index contributed by atoms with van der Waals surface area (Å²) in [6.07, 6.45) is 1.90. The molecule has 158 valence electrons. The summed E-state index contributed by atoms with van der Waals surface area (Å²) in [5, 5.41) is 12.6. The summed E-state index contributed by atoms with van der Waals surface area (Å²) in [5.41, 5.74) is 1.09. The van der Waals surface area contributed by atoms with E-state index in [-0.39, 0.29) is 29.5 Å². The molecule has 1 aliphatic rings. The molecule has 0 fully saturated rings. The first kappa shape index (κ1) is 20.4. The van der Waals surface area contributed by atoms with Crippen molar-refractivity contribution in [3.8, 4) is 0 Å². The fourth-order valence-electron chi connectivity index (χ4n) is 3.48. The van der Waals surface area contributed by atoms with Crippen LogP contribution in [0, 0.1) is 17.6 Å². The molecular weight excluding hydrogens is 406 g/mol. The second-order valence-electron chi connectivity index (χ2n) is 7.13. The van der Waals surface area contributed by atoms with Crippen molar-refractivity contribution in [1.82, 2.24) is 15.5 Å². The highest BCUT2D eigenvalue weighted by Gasteiger charge is 2.34. The Labute approximate surface area is 176 Å². The van der Waals surface area contributed by atoms with Gasteiger partial charge in [0.25, 0.3) is 0 Å². The zero-order chi connectivity index (χ0) is 22.0. The topological polar surface area (TPSA) is 97.1 Å². The molecule has 1 aliphatic heterocycles. The van der Waals surface area contributed by atoms with E-state index in [1.807, 2.05) is 30.3 Å². The summed E-state index contributed by atoms with van der Waals surface area (Å²) < 4.78 is 33.2. The van der Waals surface area contributed by atoms with Gasteiger partial charge in [-0.25, -0.2) is 8.78 Å². The number of carbonyl (C=O) groups is 2. The van der Waals surface area contributed by atoms with Gasteiger partial charge in [0, 0.05) is 12.0 Å². The summed E-state index contributed by atoms with van der Waals surface area (Å²) in [6.45, 7) is 3.69. The van der Waals surface area contributed by atoms with Crippen molar-refractivity contribution in [1.29, 1.82) is 0 Å². The van der Waals surface area contributed by atoms with Crippen molar-refractivity contribution < 1.29 is 22.8 Å². The zero-order valence-electron chi connectivity index (χ0n) is 16.3. The second-order valence-corrected chi connectivity index (χ2v) is 7.13. The second kappa shape index (κ2) is 8.47. The molecule has 2 atom stereocenters. The van der Waals surface area contributed by atoms with E-state index in [1.54, 1.807) is 0 Å². The molecule has 0 spiro atoms. The normalized spacial score (nSPS) is 17.9. The first-order valence-electron chi connectivity index (χ1n) is 9.53. The molecule has 2 aromatic carbocycles. The lowest BCUT2D eigenvalue weighted by atomic mass is 9.92. The highest BCUT2D eigenvalue weighted by Crippen LogP contribution is 2.29. The molecule has 9 heteroatoms. The minimum Gasteiger partial charge on any atom is -0.417 e. The number of aromatic nitrogens is 2. The third-order valence-electron chi connectivity index (χ3n) is 5.00. The van der Waals surface area contributed by atoms with Gasteiger partial charge in [0.15, 0.2) is 0 Å². The van der Waals surface area contributed by atoms with E-state index in [2.05, 4.69) is 27.4 Å². The van der Waals surface area contributed by atoms with Gasteiger partial charge in [-0.15, -0.1) is 16.8 Å². The van der Waals surface area contributed by atoms with Crippen molar-refractivity contribution in [2.24, 2.45) is 5.92 Å². The van der Waals surface area contributed by atoms with Crippen LogP contribution in [0.1, 0.15) is 27.7 Å². The molecule has 0 unspecified atom stereocenters. The Balaban J connectivity index is 1.52. The number of fused-ring (bicyclic) bond motifs is 1. The van der Waals surface area contributed by atoms with Crippen molar-refractivity contribution in [2.45, 2.75) is 18.9 Å². The number of hydrogen-bond acceptors (Lipinski definition) is 5. The molecule has 7 nitrogen and oxygen atoms in total. The average molecular weight is 424 g/mol. The number of anilines is 1. The number of rotatable bonds is 5. The summed E-state index contributed by atoms with van der Waals surface area (Å²) in [6, 6.07) is 10.1. The van der Waals surface area contributed by atoms with Gasteiger partial charge in [-0.05, 0) is 23.6 Å². The zero-order valence-corrected chi connectivity index (χ0v) is 16.3. The highest BCUT2D eigenvalue weighted by atomic mass is 19.1. The van der Waals surface area contributed by atoms with Crippen LogP contribution in [0.5, 0.6) is 0 Å². The maximum atomic E-state index is 14.2. The molecular formula is C22H18F2N4O3. The number of benzene rings is 2. The summed E-state index contributed by atoms with van der Waals surface area (Å²) in [4.78, 5) is 25.3. The molecule has 0 bridgehead atoms. The lowest BCUT2D eigenvalue weighted by molar-refractivity contribution is -0.118. The first-order valence-corrected chi connectivity index (χ1v) is 9.53. The van der Waals surface area contributed by atoms with Crippen LogP contribution in [-0.4, -0.2) is 28.1 Å². The van der Waals surface area contributed by atoms with Gasteiger partial charge in [0.2, 0.25) is 11.8 Å². The number of halogens is 2. The maximum absolute atomic E-state index is 14.2. The van der Waals surface area contributed by atoms with Crippen LogP contribution in [0.2, 0.25) is 0 Å². The largest absolute Gasteiger partial charge is 0.417 e. The number of carbonyl (C=O) groups excluding carboxylic acids is 2. The van der Waals surface area contributed by atoms with Crippen LogP contribution in [0.4, 0.5) is 14.5 Å². The standard InChI is InChI=1S/C22H18F2N4O3/c1-2-13-9-14-10-15(23)11-16(24)18(14)25-20(29)19(13)26-21(30)22-28-27-17(31-22)8-12-6-4-3-5-7-12/h2-7,10-11,13,19H,1,8-9H2,(H,25,29)(H,26,30)/t13-,19-/m1/s1. The predicted molar refractivity (Wildman–Crippen MR) is 107 cm³/mol. The molecule has 0 saturated carbocycles. The van der Waals surface area contributed by atoms with Crippen LogP contribution in [0.3, 0.4) is 0 Å². The quantitative estimate of drug-likeness (QED) is 0.614. The Morgan fingerprint density at radius 3 is 2.77 bits per heavy atom. The van der Waals surface area contributed by atoms with Crippen molar-refractivity contribution in [2.75, 3.05) is 5.32 Å². The summed E-state index contributed by atoms with van der Waals surface area (Å²) in [5.74, 6) is -3.73. The molecule has 31 heavy (non-hydrogen) atoms. The minimum absolute atomic E-state index is 0.0975. The molecule has 0 saturated heterocycles. The number of nitrogens with one attached hydrogen (secondary N) is 2. The Bertz CT molecular complexity index is 1150. The van der Waals surface area contributed by atoms with Crippen molar-refractivity contribution in [3.05, 3.63) is 89.7 Å². The number of amides is 2. The summed E-state index contributed by atoms with van der Waals surface area (Å²) in [7, 11) is 0. The third-order valence-corrected chi connectivity index (χ3v) is 5.00. The van der Waals surface area contributed by atoms with E-state index < -0.39 is 35.4 Å². The fraction of sp³-hybridized carbons (Fsp3) is 0.182. The third kappa shape index (κ3) is 4.35. The first-order chi connectivity index (χ1) is 14.9. The lowest BCUT2D eigenvalue weighted by Gasteiger charge is -2.21. The maximum Gasteiger partial charge on any atom is 0.309 e. The van der Waals surface area contributed by atoms with Gasteiger partial charge in [-0.1, -0.05) is 36.4 Å². The lowest BCUT2D eigenvalue weighted by Crippen LogP contribution is -2.47. The van der Waals surface area contributed by atoms with Gasteiger partial charge in [-0.3, -0.25) is 9.59 Å². The Morgan fingerprint density at radius 2 is 2.03 bits per heavy atom. The molecule has 3 aromatic rings. The van der Waals surface area contributed by atoms with Crippen LogP contribution in [0.25, 0.3) is 0 Å². The average Bonchev–Trinajstić information content (AvgIpc) is 3.16. The van der Waals surface area contributed by atoms with E-state index in [0.717, 1.165) is 11.6 Å². The van der Waals surface area contributed by atoms with Crippen molar-refractivity contribution in [3.63, 3.8) is 0 Å². The molecule has 0 aliphatic carbocycles. The summed E-state index contributed by atoms with van der Waals surface area (Å²) >= 11 is 0. The SMILES string of the molecule is C=C[C@@H]1Cc2cc(F)cc(F)c2NC(=O)[C@@H]1NC(=O)c1nnc(Cc2ccccc2)o1.